The molecule has 1 aromatic carbocycles. The van der Waals surface area contributed by atoms with Gasteiger partial charge in [-0.1, -0.05) is 12.5 Å². The summed E-state index contributed by atoms with van der Waals surface area (Å²) in [7, 11) is 1.70. The number of rotatable bonds is 10. The van der Waals surface area contributed by atoms with E-state index >= 15 is 0 Å². The van der Waals surface area contributed by atoms with Gasteiger partial charge in [-0.25, -0.2) is 4.39 Å². The maximum Gasteiger partial charge on any atom is 0.223 e. The van der Waals surface area contributed by atoms with Gasteiger partial charge in [-0.15, -0.1) is 24.0 Å². The minimum atomic E-state index is -0.332. The lowest BCUT2D eigenvalue weighted by Crippen LogP contribution is -2.40. The highest BCUT2D eigenvalue weighted by atomic mass is 127. The number of nitrogens with zero attached hydrogens (tertiary/aromatic N) is 1. The standard InChI is InChI=1S/C22H33FN4O2.HI/c1-15(18-9-10-20(19(23)13-18)29-14-16-7-8-16)27-22(24-2)26-12-4-11-25-21(28)17-5-3-6-17;/h9-10,13,15-17H,3-8,11-12,14H2,1-2H3,(H,25,28)(H2,24,26,27);1H. The summed E-state index contributed by atoms with van der Waals surface area (Å²) < 4.78 is 19.9. The molecule has 0 heterocycles. The van der Waals surface area contributed by atoms with E-state index in [-0.39, 0.29) is 47.7 Å². The molecule has 1 unspecified atom stereocenters. The Morgan fingerprint density at radius 1 is 1.23 bits per heavy atom. The average molecular weight is 532 g/mol. The fourth-order valence-electron chi connectivity index (χ4n) is 3.20. The molecule has 0 saturated heterocycles. The van der Waals surface area contributed by atoms with Crippen LogP contribution in [0.3, 0.4) is 0 Å². The highest BCUT2D eigenvalue weighted by molar-refractivity contribution is 14.0. The average Bonchev–Trinajstić information content (AvgIpc) is 3.48. The highest BCUT2D eigenvalue weighted by Gasteiger charge is 2.24. The maximum atomic E-state index is 14.3. The number of carbonyl (C=O) groups excluding carboxylic acids is 1. The summed E-state index contributed by atoms with van der Waals surface area (Å²) >= 11 is 0. The fraction of sp³-hybridized carbons (Fsp3) is 0.636. The first-order valence-corrected chi connectivity index (χ1v) is 10.7. The number of benzene rings is 1. The van der Waals surface area contributed by atoms with E-state index < -0.39 is 0 Å². The second-order valence-corrected chi connectivity index (χ2v) is 8.08. The highest BCUT2D eigenvalue weighted by Crippen LogP contribution is 2.30. The van der Waals surface area contributed by atoms with Crippen LogP contribution >= 0.6 is 24.0 Å². The Morgan fingerprint density at radius 3 is 2.57 bits per heavy atom. The molecule has 0 aliphatic heterocycles. The van der Waals surface area contributed by atoms with Gasteiger partial charge in [-0.2, -0.15) is 0 Å². The summed E-state index contributed by atoms with van der Waals surface area (Å²) in [5, 5.41) is 9.49. The van der Waals surface area contributed by atoms with Gasteiger partial charge in [0, 0.05) is 26.1 Å². The quantitative estimate of drug-likeness (QED) is 0.186. The van der Waals surface area contributed by atoms with Crippen molar-refractivity contribution in [1.29, 1.82) is 0 Å². The van der Waals surface area contributed by atoms with E-state index in [1.165, 1.54) is 25.3 Å². The van der Waals surface area contributed by atoms with Crippen molar-refractivity contribution in [3.05, 3.63) is 29.6 Å². The number of ether oxygens (including phenoxy) is 1. The van der Waals surface area contributed by atoms with Crippen LogP contribution < -0.4 is 20.7 Å². The first-order chi connectivity index (χ1) is 14.1. The van der Waals surface area contributed by atoms with E-state index in [0.29, 0.717) is 37.3 Å². The number of halogens is 2. The molecule has 1 atom stereocenters. The molecule has 0 radical (unpaired) electrons. The van der Waals surface area contributed by atoms with E-state index in [1.807, 2.05) is 13.0 Å². The Kier molecular flexibility index (Phi) is 10.1. The fourth-order valence-corrected chi connectivity index (χ4v) is 3.20. The molecule has 2 aliphatic rings. The molecule has 2 fully saturated rings. The lowest BCUT2D eigenvalue weighted by atomic mass is 9.85. The topological polar surface area (TPSA) is 74.8 Å². The number of guanidine groups is 1. The van der Waals surface area contributed by atoms with Crippen LogP contribution in [-0.4, -0.2) is 38.6 Å². The predicted octanol–water partition coefficient (Wildman–Crippen LogP) is 3.76. The zero-order chi connectivity index (χ0) is 20.6. The molecule has 1 amide bonds. The van der Waals surface area contributed by atoms with Crippen LogP contribution in [0.1, 0.15) is 57.1 Å². The van der Waals surface area contributed by atoms with E-state index in [9.17, 15) is 9.18 Å². The lowest BCUT2D eigenvalue weighted by Gasteiger charge is -2.24. The molecule has 2 aliphatic carbocycles. The van der Waals surface area contributed by atoms with Gasteiger partial charge in [0.05, 0.1) is 12.6 Å². The summed E-state index contributed by atoms with van der Waals surface area (Å²) in [5.41, 5.74) is 0.831. The van der Waals surface area contributed by atoms with Crippen LogP contribution in [0.5, 0.6) is 5.75 Å². The van der Waals surface area contributed by atoms with Crippen molar-refractivity contribution in [3.63, 3.8) is 0 Å². The molecule has 0 bridgehead atoms. The molecular weight excluding hydrogens is 498 g/mol. The zero-order valence-corrected chi connectivity index (χ0v) is 20.2. The third kappa shape index (κ3) is 7.59. The summed E-state index contributed by atoms with van der Waals surface area (Å²) in [6.07, 6.45) is 6.38. The lowest BCUT2D eigenvalue weighted by molar-refractivity contribution is -0.127. The molecule has 3 N–H and O–H groups in total. The molecule has 0 spiro atoms. The molecule has 6 nitrogen and oxygen atoms in total. The minimum Gasteiger partial charge on any atom is -0.490 e. The van der Waals surface area contributed by atoms with Crippen molar-refractivity contribution in [3.8, 4) is 5.75 Å². The number of nitrogens with one attached hydrogen (secondary N) is 3. The SMILES string of the molecule is CN=C(NCCCNC(=O)C1CCC1)NC(C)c1ccc(OCC2CC2)c(F)c1.I. The van der Waals surface area contributed by atoms with Crippen molar-refractivity contribution < 1.29 is 13.9 Å². The molecule has 2 saturated carbocycles. The monoisotopic (exact) mass is 532 g/mol. The molecular formula is C22H34FIN4O2. The number of amides is 1. The van der Waals surface area contributed by atoms with E-state index in [2.05, 4.69) is 20.9 Å². The third-order valence-electron chi connectivity index (χ3n) is 5.63. The van der Waals surface area contributed by atoms with Gasteiger partial charge in [0.2, 0.25) is 5.91 Å². The van der Waals surface area contributed by atoms with Crippen LogP contribution in [0.4, 0.5) is 4.39 Å². The van der Waals surface area contributed by atoms with Crippen molar-refractivity contribution in [1.82, 2.24) is 16.0 Å². The minimum absolute atomic E-state index is 0. The molecule has 8 heteroatoms. The van der Waals surface area contributed by atoms with Crippen LogP contribution in [0.25, 0.3) is 0 Å². The van der Waals surface area contributed by atoms with Gasteiger partial charge in [-0.05, 0) is 62.6 Å². The molecule has 0 aromatic heterocycles. The summed E-state index contributed by atoms with van der Waals surface area (Å²) in [6.45, 7) is 3.91. The molecule has 3 rings (SSSR count). The largest absolute Gasteiger partial charge is 0.490 e. The number of aliphatic imine (C=N–C) groups is 1. The predicted molar refractivity (Wildman–Crippen MR) is 128 cm³/mol. The van der Waals surface area contributed by atoms with Gasteiger partial charge in [-0.3, -0.25) is 9.79 Å². The van der Waals surface area contributed by atoms with Crippen LogP contribution in [0.15, 0.2) is 23.2 Å². The second-order valence-electron chi connectivity index (χ2n) is 8.08. The Bertz CT molecular complexity index is 723. The smallest absolute Gasteiger partial charge is 0.223 e. The Morgan fingerprint density at radius 2 is 1.97 bits per heavy atom. The number of hydrogen-bond acceptors (Lipinski definition) is 3. The molecule has 168 valence electrons. The summed E-state index contributed by atoms with van der Waals surface area (Å²) in [6, 6.07) is 4.99. The van der Waals surface area contributed by atoms with Crippen LogP contribution in [-0.2, 0) is 4.79 Å². The van der Waals surface area contributed by atoms with Gasteiger partial charge in [0.25, 0.3) is 0 Å². The first-order valence-electron chi connectivity index (χ1n) is 10.7. The first kappa shape index (κ1) is 24.7. The van der Waals surface area contributed by atoms with Crippen molar-refractivity contribution in [2.24, 2.45) is 16.8 Å². The molecule has 30 heavy (non-hydrogen) atoms. The van der Waals surface area contributed by atoms with Gasteiger partial charge >= 0.3 is 0 Å². The van der Waals surface area contributed by atoms with Gasteiger partial charge in [0.1, 0.15) is 0 Å². The summed E-state index contributed by atoms with van der Waals surface area (Å²) in [5.74, 6) is 1.64. The van der Waals surface area contributed by atoms with Crippen molar-refractivity contribution in [2.75, 3.05) is 26.7 Å². The van der Waals surface area contributed by atoms with E-state index in [4.69, 9.17) is 4.74 Å². The maximum absolute atomic E-state index is 14.3. The van der Waals surface area contributed by atoms with Crippen molar-refractivity contribution in [2.45, 2.75) is 51.5 Å². The molecule has 1 aromatic rings. The number of carbonyl (C=O) groups is 1. The van der Waals surface area contributed by atoms with Gasteiger partial charge < -0.3 is 20.7 Å². The van der Waals surface area contributed by atoms with Crippen LogP contribution in [0, 0.1) is 17.7 Å². The normalized spacial score (nSPS) is 17.4. The summed E-state index contributed by atoms with van der Waals surface area (Å²) in [4.78, 5) is 16.0. The second kappa shape index (κ2) is 12.3. The zero-order valence-electron chi connectivity index (χ0n) is 17.9. The van der Waals surface area contributed by atoms with E-state index in [1.54, 1.807) is 13.1 Å². The van der Waals surface area contributed by atoms with E-state index in [0.717, 1.165) is 24.8 Å². The van der Waals surface area contributed by atoms with Crippen LogP contribution in [0.2, 0.25) is 0 Å². The Balaban J connectivity index is 0.00000320. The Labute approximate surface area is 195 Å². The Hall–Kier alpha value is -1.58. The number of hydrogen-bond donors (Lipinski definition) is 3. The van der Waals surface area contributed by atoms with Crippen molar-refractivity contribution >= 4 is 35.8 Å². The van der Waals surface area contributed by atoms with Gasteiger partial charge in [0.15, 0.2) is 17.5 Å². The third-order valence-corrected chi connectivity index (χ3v) is 5.63.